The Bertz CT molecular complexity index is 482. The van der Waals surface area contributed by atoms with E-state index in [0.717, 1.165) is 12.0 Å². The molecule has 1 heterocycles. The van der Waals surface area contributed by atoms with Crippen molar-refractivity contribution in [3.63, 3.8) is 0 Å². The number of anilines is 1. The van der Waals surface area contributed by atoms with E-state index in [2.05, 4.69) is 37.2 Å². The van der Waals surface area contributed by atoms with Crippen molar-refractivity contribution in [2.75, 3.05) is 11.9 Å². The summed E-state index contributed by atoms with van der Waals surface area (Å²) in [4.78, 5) is 14.4. The van der Waals surface area contributed by atoms with Gasteiger partial charge in [0.25, 0.3) is 5.91 Å². The summed E-state index contributed by atoms with van der Waals surface area (Å²) in [6, 6.07) is 6.77. The van der Waals surface area contributed by atoms with Crippen molar-refractivity contribution >= 4 is 11.6 Å². The highest BCUT2D eigenvalue weighted by Gasteiger charge is 2.26. The summed E-state index contributed by atoms with van der Waals surface area (Å²) in [5.74, 6) is 0.632. The lowest BCUT2D eigenvalue weighted by molar-refractivity contribution is 0.0943. The van der Waals surface area contributed by atoms with Crippen molar-refractivity contribution in [3.8, 4) is 0 Å². The maximum atomic E-state index is 12.0. The molecule has 2 atom stereocenters. The molecule has 1 aromatic rings. The van der Waals surface area contributed by atoms with Gasteiger partial charge in [0.1, 0.15) is 0 Å². The summed E-state index contributed by atoms with van der Waals surface area (Å²) < 4.78 is 0. The lowest BCUT2D eigenvalue weighted by atomic mass is 9.87. The highest BCUT2D eigenvalue weighted by Crippen LogP contribution is 2.33. The number of fused-ring (bicyclic) bond motifs is 1. The third-order valence-electron chi connectivity index (χ3n) is 4.12. The standard InChI is InChI=1S/C16H24N2O/c1-10(2)17-16(19)13-6-7-15-14(9-13)8-11(3)12(4)18(15)5/h6-7,9-12H,8H2,1-5H3,(H,17,19)/t11?,12-/m0/s1. The maximum Gasteiger partial charge on any atom is 0.251 e. The molecule has 1 aliphatic heterocycles. The van der Waals surface area contributed by atoms with Crippen LogP contribution in [-0.2, 0) is 6.42 Å². The van der Waals surface area contributed by atoms with Crippen LogP contribution in [0.3, 0.4) is 0 Å². The number of amides is 1. The molecule has 0 saturated carbocycles. The number of hydrogen-bond acceptors (Lipinski definition) is 2. The number of nitrogens with one attached hydrogen (secondary N) is 1. The summed E-state index contributed by atoms with van der Waals surface area (Å²) in [6.45, 7) is 8.49. The van der Waals surface area contributed by atoms with Crippen LogP contribution in [0.25, 0.3) is 0 Å². The number of nitrogens with zero attached hydrogens (tertiary/aromatic N) is 1. The van der Waals surface area contributed by atoms with E-state index in [1.54, 1.807) is 0 Å². The van der Waals surface area contributed by atoms with Crippen LogP contribution < -0.4 is 10.2 Å². The first-order chi connectivity index (χ1) is 8.90. The van der Waals surface area contributed by atoms with E-state index in [4.69, 9.17) is 0 Å². The van der Waals surface area contributed by atoms with E-state index in [9.17, 15) is 4.79 Å². The molecule has 1 amide bonds. The number of rotatable bonds is 2. The minimum absolute atomic E-state index is 0.0201. The number of carbonyl (C=O) groups is 1. The summed E-state index contributed by atoms with van der Waals surface area (Å²) in [5, 5.41) is 2.94. The van der Waals surface area contributed by atoms with Crippen LogP contribution in [0.2, 0.25) is 0 Å². The lowest BCUT2D eigenvalue weighted by Gasteiger charge is -2.38. The second-order valence-corrected chi connectivity index (χ2v) is 6.00. The van der Waals surface area contributed by atoms with Gasteiger partial charge in [0.2, 0.25) is 0 Å². The highest BCUT2D eigenvalue weighted by atomic mass is 16.1. The van der Waals surface area contributed by atoms with E-state index >= 15 is 0 Å². The third kappa shape index (κ3) is 2.75. The first kappa shape index (κ1) is 13.9. The molecule has 19 heavy (non-hydrogen) atoms. The lowest BCUT2D eigenvalue weighted by Crippen LogP contribution is -2.39. The smallest absolute Gasteiger partial charge is 0.251 e. The van der Waals surface area contributed by atoms with E-state index in [1.165, 1.54) is 11.3 Å². The van der Waals surface area contributed by atoms with Crippen LogP contribution in [0.5, 0.6) is 0 Å². The van der Waals surface area contributed by atoms with Gasteiger partial charge in [-0.3, -0.25) is 4.79 Å². The zero-order valence-electron chi connectivity index (χ0n) is 12.5. The van der Waals surface area contributed by atoms with Crippen LogP contribution in [0.1, 0.15) is 43.6 Å². The van der Waals surface area contributed by atoms with Crippen molar-refractivity contribution in [2.45, 2.75) is 46.2 Å². The second-order valence-electron chi connectivity index (χ2n) is 6.00. The van der Waals surface area contributed by atoms with Crippen molar-refractivity contribution in [1.82, 2.24) is 5.32 Å². The fourth-order valence-corrected chi connectivity index (χ4v) is 2.70. The first-order valence-electron chi connectivity index (χ1n) is 7.06. The molecule has 1 aliphatic rings. The maximum absolute atomic E-state index is 12.0. The largest absolute Gasteiger partial charge is 0.371 e. The van der Waals surface area contributed by atoms with Crippen molar-refractivity contribution in [2.24, 2.45) is 5.92 Å². The van der Waals surface area contributed by atoms with Crippen LogP contribution in [-0.4, -0.2) is 25.0 Å². The first-order valence-corrected chi connectivity index (χ1v) is 7.06. The summed E-state index contributed by atoms with van der Waals surface area (Å²) in [6.07, 6.45) is 1.05. The fraction of sp³-hybridized carbons (Fsp3) is 0.562. The minimum Gasteiger partial charge on any atom is -0.371 e. The molecular formula is C16H24N2O. The van der Waals surface area contributed by atoms with Gasteiger partial charge in [-0.2, -0.15) is 0 Å². The number of carbonyl (C=O) groups excluding carboxylic acids is 1. The summed E-state index contributed by atoms with van der Waals surface area (Å²) >= 11 is 0. The van der Waals surface area contributed by atoms with Gasteiger partial charge >= 0.3 is 0 Å². The number of benzene rings is 1. The van der Waals surface area contributed by atoms with Gasteiger partial charge in [0.15, 0.2) is 0 Å². The van der Waals surface area contributed by atoms with E-state index in [1.807, 2.05) is 26.0 Å². The minimum atomic E-state index is 0.0201. The van der Waals surface area contributed by atoms with Gasteiger partial charge in [0.05, 0.1) is 0 Å². The third-order valence-corrected chi connectivity index (χ3v) is 4.12. The molecule has 0 fully saturated rings. The summed E-state index contributed by atoms with van der Waals surface area (Å²) in [5.41, 5.74) is 3.30. The topological polar surface area (TPSA) is 32.3 Å². The SMILES string of the molecule is CC(C)NC(=O)c1ccc2c(c1)CC(C)[C@H](C)N2C. The molecule has 0 aromatic heterocycles. The van der Waals surface area contributed by atoms with E-state index < -0.39 is 0 Å². The Morgan fingerprint density at radius 2 is 2.05 bits per heavy atom. The molecule has 0 bridgehead atoms. The Hall–Kier alpha value is -1.51. The molecule has 0 aliphatic carbocycles. The normalized spacial score (nSPS) is 22.3. The Morgan fingerprint density at radius 3 is 2.68 bits per heavy atom. The van der Waals surface area contributed by atoms with Gasteiger partial charge in [-0.25, -0.2) is 0 Å². The van der Waals surface area contributed by atoms with E-state index in [0.29, 0.717) is 12.0 Å². The van der Waals surface area contributed by atoms with Crippen molar-refractivity contribution < 1.29 is 4.79 Å². The van der Waals surface area contributed by atoms with Crippen LogP contribution in [0.15, 0.2) is 18.2 Å². The van der Waals surface area contributed by atoms with Crippen molar-refractivity contribution in [1.29, 1.82) is 0 Å². The zero-order valence-corrected chi connectivity index (χ0v) is 12.5. The molecule has 1 aromatic carbocycles. The molecule has 1 unspecified atom stereocenters. The zero-order chi connectivity index (χ0) is 14.2. The molecule has 2 rings (SSSR count). The van der Waals surface area contributed by atoms with E-state index in [-0.39, 0.29) is 11.9 Å². The van der Waals surface area contributed by atoms with Gasteiger partial charge in [-0.15, -0.1) is 0 Å². The quantitative estimate of drug-likeness (QED) is 0.887. The Labute approximate surface area is 116 Å². The fourth-order valence-electron chi connectivity index (χ4n) is 2.70. The Morgan fingerprint density at radius 1 is 1.37 bits per heavy atom. The Kier molecular flexibility index (Phi) is 3.83. The predicted octanol–water partition coefficient (Wildman–Crippen LogP) is 2.84. The second kappa shape index (κ2) is 5.24. The van der Waals surface area contributed by atoms with Gasteiger partial charge in [-0.05, 0) is 56.9 Å². The van der Waals surface area contributed by atoms with Crippen LogP contribution in [0, 0.1) is 5.92 Å². The van der Waals surface area contributed by atoms with Gasteiger partial charge in [0, 0.05) is 30.4 Å². The van der Waals surface area contributed by atoms with Gasteiger partial charge in [-0.1, -0.05) is 6.92 Å². The monoisotopic (exact) mass is 260 g/mol. The summed E-state index contributed by atoms with van der Waals surface area (Å²) in [7, 11) is 2.13. The molecule has 1 N–H and O–H groups in total. The molecule has 3 nitrogen and oxygen atoms in total. The van der Waals surface area contributed by atoms with Crippen LogP contribution in [0.4, 0.5) is 5.69 Å². The van der Waals surface area contributed by atoms with Gasteiger partial charge < -0.3 is 10.2 Å². The Balaban J connectivity index is 2.29. The molecule has 0 saturated heterocycles. The average Bonchev–Trinajstić information content (AvgIpc) is 2.34. The molecule has 0 radical (unpaired) electrons. The van der Waals surface area contributed by atoms with Crippen LogP contribution >= 0.6 is 0 Å². The van der Waals surface area contributed by atoms with Crippen molar-refractivity contribution in [3.05, 3.63) is 29.3 Å². The molecular weight excluding hydrogens is 236 g/mol. The number of hydrogen-bond donors (Lipinski definition) is 1. The highest BCUT2D eigenvalue weighted by molar-refractivity contribution is 5.95. The molecule has 104 valence electrons. The predicted molar refractivity (Wildman–Crippen MR) is 79.8 cm³/mol. The molecule has 0 spiro atoms. The average molecular weight is 260 g/mol. The molecule has 3 heteroatoms.